The Morgan fingerprint density at radius 1 is 1.20 bits per heavy atom. The Kier molecular flexibility index (Phi) is 6.06. The smallest absolute Gasteiger partial charge is 0.306 e. The summed E-state index contributed by atoms with van der Waals surface area (Å²) >= 11 is 0. The van der Waals surface area contributed by atoms with E-state index in [2.05, 4.69) is 29.6 Å². The molecule has 1 aliphatic carbocycles. The van der Waals surface area contributed by atoms with Gasteiger partial charge in [0.25, 0.3) is 0 Å². The van der Waals surface area contributed by atoms with Crippen LogP contribution in [0, 0.1) is 11.8 Å². The second kappa shape index (κ2) is 8.05. The molecule has 3 heteroatoms. The normalized spacial score (nSPS) is 22.6. The summed E-state index contributed by atoms with van der Waals surface area (Å²) in [5.74, 6) is -0.427. The van der Waals surface area contributed by atoms with Crippen LogP contribution >= 0.6 is 0 Å². The van der Waals surface area contributed by atoms with E-state index < -0.39 is 5.97 Å². The van der Waals surface area contributed by atoms with Crippen LogP contribution in [0.3, 0.4) is 0 Å². The molecule has 0 spiro atoms. The third-order valence-electron chi connectivity index (χ3n) is 4.29. The van der Waals surface area contributed by atoms with Gasteiger partial charge in [0.15, 0.2) is 0 Å². The van der Waals surface area contributed by atoms with Crippen molar-refractivity contribution in [2.24, 2.45) is 11.8 Å². The standard InChI is InChI=1S/C17H25NO2/c19-17(20)16-11-5-4-10-15(16)13-18-12-6-9-14-7-2-1-3-8-14/h1-3,7-8,15-16,18H,4-6,9-13H2,(H,19,20). The number of carboxylic acids is 1. The highest BCUT2D eigenvalue weighted by Gasteiger charge is 2.30. The summed E-state index contributed by atoms with van der Waals surface area (Å²) in [6.07, 6.45) is 6.35. The first-order chi connectivity index (χ1) is 9.77. The minimum absolute atomic E-state index is 0.134. The maximum absolute atomic E-state index is 11.2. The van der Waals surface area contributed by atoms with E-state index in [1.807, 2.05) is 6.07 Å². The molecular weight excluding hydrogens is 250 g/mol. The third-order valence-corrected chi connectivity index (χ3v) is 4.29. The molecule has 0 radical (unpaired) electrons. The largest absolute Gasteiger partial charge is 0.481 e. The quantitative estimate of drug-likeness (QED) is 0.752. The molecule has 1 aromatic carbocycles. The molecular formula is C17H25NO2. The lowest BCUT2D eigenvalue weighted by atomic mass is 9.79. The summed E-state index contributed by atoms with van der Waals surface area (Å²) < 4.78 is 0. The zero-order valence-electron chi connectivity index (χ0n) is 12.1. The molecule has 1 aromatic rings. The number of hydrogen-bond donors (Lipinski definition) is 2. The number of rotatable bonds is 7. The van der Waals surface area contributed by atoms with Crippen molar-refractivity contribution in [1.82, 2.24) is 5.32 Å². The van der Waals surface area contributed by atoms with Gasteiger partial charge in [0.05, 0.1) is 5.92 Å². The lowest BCUT2D eigenvalue weighted by molar-refractivity contribution is -0.144. The molecule has 3 nitrogen and oxygen atoms in total. The molecule has 1 fully saturated rings. The maximum atomic E-state index is 11.2. The fraction of sp³-hybridized carbons (Fsp3) is 0.588. The van der Waals surface area contributed by atoms with E-state index in [4.69, 9.17) is 0 Å². The summed E-state index contributed by atoms with van der Waals surface area (Å²) in [6, 6.07) is 10.5. The maximum Gasteiger partial charge on any atom is 0.306 e. The summed E-state index contributed by atoms with van der Waals surface area (Å²) in [7, 11) is 0. The van der Waals surface area contributed by atoms with Crippen LogP contribution in [-0.2, 0) is 11.2 Å². The Balaban J connectivity index is 1.63. The van der Waals surface area contributed by atoms with Crippen molar-refractivity contribution in [2.45, 2.75) is 38.5 Å². The number of aliphatic carboxylic acids is 1. The molecule has 110 valence electrons. The zero-order valence-corrected chi connectivity index (χ0v) is 12.1. The van der Waals surface area contributed by atoms with Crippen LogP contribution in [0.15, 0.2) is 30.3 Å². The van der Waals surface area contributed by atoms with E-state index in [1.165, 1.54) is 12.0 Å². The van der Waals surface area contributed by atoms with Crippen LogP contribution in [-0.4, -0.2) is 24.2 Å². The van der Waals surface area contributed by atoms with E-state index in [1.54, 1.807) is 0 Å². The van der Waals surface area contributed by atoms with Gasteiger partial charge in [-0.2, -0.15) is 0 Å². The van der Waals surface area contributed by atoms with E-state index in [0.717, 1.165) is 45.2 Å². The van der Waals surface area contributed by atoms with Crippen molar-refractivity contribution in [3.05, 3.63) is 35.9 Å². The molecule has 0 heterocycles. The van der Waals surface area contributed by atoms with Crippen molar-refractivity contribution in [3.63, 3.8) is 0 Å². The lowest BCUT2D eigenvalue weighted by Gasteiger charge is -2.28. The number of nitrogens with one attached hydrogen (secondary N) is 1. The zero-order chi connectivity index (χ0) is 14.2. The highest BCUT2D eigenvalue weighted by Crippen LogP contribution is 2.29. The van der Waals surface area contributed by atoms with Gasteiger partial charge >= 0.3 is 5.97 Å². The average Bonchev–Trinajstić information content (AvgIpc) is 2.48. The van der Waals surface area contributed by atoms with Gasteiger partial charge in [-0.1, -0.05) is 43.2 Å². The lowest BCUT2D eigenvalue weighted by Crippen LogP contribution is -2.35. The molecule has 0 aliphatic heterocycles. The Hall–Kier alpha value is -1.35. The summed E-state index contributed by atoms with van der Waals surface area (Å²) in [4.78, 5) is 11.2. The molecule has 0 bridgehead atoms. The van der Waals surface area contributed by atoms with Gasteiger partial charge < -0.3 is 10.4 Å². The Morgan fingerprint density at radius 2 is 1.95 bits per heavy atom. The average molecular weight is 275 g/mol. The van der Waals surface area contributed by atoms with E-state index in [9.17, 15) is 9.90 Å². The third kappa shape index (κ3) is 4.64. The Labute approximate surface area is 121 Å². The van der Waals surface area contributed by atoms with E-state index >= 15 is 0 Å². The first kappa shape index (κ1) is 15.0. The molecule has 2 unspecified atom stereocenters. The summed E-state index contributed by atoms with van der Waals surface area (Å²) in [5.41, 5.74) is 1.37. The molecule has 20 heavy (non-hydrogen) atoms. The summed E-state index contributed by atoms with van der Waals surface area (Å²) in [5, 5.41) is 12.7. The van der Waals surface area contributed by atoms with Gasteiger partial charge in [-0.15, -0.1) is 0 Å². The molecule has 2 rings (SSSR count). The molecule has 1 saturated carbocycles. The number of hydrogen-bond acceptors (Lipinski definition) is 2. The fourth-order valence-electron chi connectivity index (χ4n) is 3.13. The number of carboxylic acid groups (broad SMARTS) is 1. The molecule has 1 aliphatic rings. The SMILES string of the molecule is O=C(O)C1CCCCC1CNCCCc1ccccc1. The molecule has 0 aromatic heterocycles. The molecule has 0 saturated heterocycles. The fourth-order valence-corrected chi connectivity index (χ4v) is 3.13. The minimum Gasteiger partial charge on any atom is -0.481 e. The van der Waals surface area contributed by atoms with Gasteiger partial charge in [0, 0.05) is 0 Å². The predicted molar refractivity (Wildman–Crippen MR) is 80.7 cm³/mol. The topological polar surface area (TPSA) is 49.3 Å². The van der Waals surface area contributed by atoms with Gasteiger partial charge in [-0.25, -0.2) is 0 Å². The van der Waals surface area contributed by atoms with Crippen molar-refractivity contribution < 1.29 is 9.90 Å². The van der Waals surface area contributed by atoms with Crippen LogP contribution in [0.2, 0.25) is 0 Å². The van der Waals surface area contributed by atoms with Crippen LogP contribution in [0.5, 0.6) is 0 Å². The van der Waals surface area contributed by atoms with E-state index in [0.29, 0.717) is 5.92 Å². The predicted octanol–water partition coefficient (Wildman–Crippen LogP) is 3.10. The van der Waals surface area contributed by atoms with Crippen molar-refractivity contribution in [3.8, 4) is 0 Å². The number of benzene rings is 1. The highest BCUT2D eigenvalue weighted by atomic mass is 16.4. The monoisotopic (exact) mass is 275 g/mol. The van der Waals surface area contributed by atoms with Crippen molar-refractivity contribution in [2.75, 3.05) is 13.1 Å². The van der Waals surface area contributed by atoms with Crippen molar-refractivity contribution >= 4 is 5.97 Å². The molecule has 0 amide bonds. The second-order valence-electron chi connectivity index (χ2n) is 5.78. The second-order valence-corrected chi connectivity index (χ2v) is 5.78. The van der Waals surface area contributed by atoms with E-state index in [-0.39, 0.29) is 5.92 Å². The Morgan fingerprint density at radius 3 is 2.70 bits per heavy atom. The molecule has 2 N–H and O–H groups in total. The first-order valence-corrected chi connectivity index (χ1v) is 7.75. The highest BCUT2D eigenvalue weighted by molar-refractivity contribution is 5.70. The van der Waals surface area contributed by atoms with Gasteiger partial charge in [0.2, 0.25) is 0 Å². The van der Waals surface area contributed by atoms with Crippen molar-refractivity contribution in [1.29, 1.82) is 0 Å². The molecule has 2 atom stereocenters. The van der Waals surface area contributed by atoms with Gasteiger partial charge in [-0.3, -0.25) is 4.79 Å². The van der Waals surface area contributed by atoms with Crippen LogP contribution < -0.4 is 5.32 Å². The first-order valence-electron chi connectivity index (χ1n) is 7.75. The van der Waals surface area contributed by atoms with Gasteiger partial charge in [-0.05, 0) is 50.3 Å². The number of aryl methyl sites for hydroxylation is 1. The minimum atomic E-state index is -0.610. The van der Waals surface area contributed by atoms with Crippen LogP contribution in [0.1, 0.15) is 37.7 Å². The van der Waals surface area contributed by atoms with Gasteiger partial charge in [0.1, 0.15) is 0 Å². The van der Waals surface area contributed by atoms with Crippen LogP contribution in [0.25, 0.3) is 0 Å². The van der Waals surface area contributed by atoms with Crippen LogP contribution in [0.4, 0.5) is 0 Å². The number of carbonyl (C=O) groups is 1. The summed E-state index contributed by atoms with van der Waals surface area (Å²) in [6.45, 7) is 1.82. The Bertz CT molecular complexity index is 405.